The number of hydrogen-bond donors (Lipinski definition) is 2. The fourth-order valence-electron chi connectivity index (χ4n) is 1.49. The van der Waals surface area contributed by atoms with Crippen LogP contribution in [0.4, 0.5) is 13.2 Å². The van der Waals surface area contributed by atoms with Crippen LogP contribution in [0.2, 0.25) is 0 Å². The molecule has 2 nitrogen and oxygen atoms in total. The van der Waals surface area contributed by atoms with Crippen LogP contribution in [-0.2, 0) is 6.18 Å². The molecule has 6 heteroatoms. The minimum Gasteiger partial charge on any atom is -0.395 e. The van der Waals surface area contributed by atoms with Gasteiger partial charge < -0.3 is 10.8 Å². The quantitative estimate of drug-likeness (QED) is 0.871. The van der Waals surface area contributed by atoms with Crippen LogP contribution in [0.1, 0.15) is 24.1 Å². The van der Waals surface area contributed by atoms with E-state index in [2.05, 4.69) is 0 Å². The third kappa shape index (κ3) is 4.19. The average Bonchev–Trinajstić information content (AvgIpc) is 2.34. The molecule has 0 saturated heterocycles. The van der Waals surface area contributed by atoms with E-state index >= 15 is 0 Å². The summed E-state index contributed by atoms with van der Waals surface area (Å²) < 4.78 is 38.3. The Labute approximate surface area is 108 Å². The molecule has 0 saturated carbocycles. The van der Waals surface area contributed by atoms with Crippen LogP contribution >= 0.6 is 11.8 Å². The van der Waals surface area contributed by atoms with Crippen LogP contribution in [0.15, 0.2) is 24.3 Å². The smallest absolute Gasteiger partial charge is 0.395 e. The van der Waals surface area contributed by atoms with E-state index in [9.17, 15) is 13.2 Å². The fourth-order valence-corrected chi connectivity index (χ4v) is 2.31. The summed E-state index contributed by atoms with van der Waals surface area (Å²) in [7, 11) is 0. The number of thioether (sulfide) groups is 1. The lowest BCUT2D eigenvalue weighted by Crippen LogP contribution is -2.20. The molecule has 0 aliphatic rings. The number of benzene rings is 1. The first-order chi connectivity index (χ1) is 8.36. The predicted molar refractivity (Wildman–Crippen MR) is 67.4 cm³/mol. The molecule has 2 atom stereocenters. The van der Waals surface area contributed by atoms with Gasteiger partial charge >= 0.3 is 6.18 Å². The van der Waals surface area contributed by atoms with Crippen molar-refractivity contribution in [2.45, 2.75) is 24.4 Å². The minimum absolute atomic E-state index is 0.0156. The Morgan fingerprint density at radius 1 is 1.33 bits per heavy atom. The number of hydrogen-bond acceptors (Lipinski definition) is 3. The van der Waals surface area contributed by atoms with E-state index in [0.717, 1.165) is 6.07 Å². The zero-order valence-corrected chi connectivity index (χ0v) is 10.8. The van der Waals surface area contributed by atoms with Crippen LogP contribution in [0.25, 0.3) is 0 Å². The zero-order chi connectivity index (χ0) is 13.8. The highest BCUT2D eigenvalue weighted by molar-refractivity contribution is 7.99. The third-order valence-corrected chi connectivity index (χ3v) is 3.75. The lowest BCUT2D eigenvalue weighted by atomic mass is 10.0. The summed E-state index contributed by atoms with van der Waals surface area (Å²) in [5.41, 5.74) is 5.21. The van der Waals surface area contributed by atoms with E-state index in [1.165, 1.54) is 23.9 Å². The van der Waals surface area contributed by atoms with Crippen LogP contribution in [0, 0.1) is 0 Å². The number of halogens is 3. The Hall–Kier alpha value is -0.720. The maximum Gasteiger partial charge on any atom is 0.416 e. The van der Waals surface area contributed by atoms with Crippen molar-refractivity contribution in [3.63, 3.8) is 0 Å². The highest BCUT2D eigenvalue weighted by Crippen LogP contribution is 2.34. The molecule has 0 aromatic heterocycles. The maximum absolute atomic E-state index is 12.8. The first-order valence-corrected chi connectivity index (χ1v) is 6.55. The number of alkyl halides is 3. The van der Waals surface area contributed by atoms with Crippen molar-refractivity contribution in [2.75, 3.05) is 12.4 Å². The normalized spacial score (nSPS) is 15.4. The molecule has 1 rings (SSSR count). The van der Waals surface area contributed by atoms with Gasteiger partial charge in [0, 0.05) is 17.0 Å². The van der Waals surface area contributed by atoms with Crippen molar-refractivity contribution in [1.82, 2.24) is 0 Å². The number of nitrogens with two attached hydrogens (primary N) is 1. The molecule has 0 radical (unpaired) electrons. The summed E-state index contributed by atoms with van der Waals surface area (Å²) in [5, 5.41) is 8.83. The van der Waals surface area contributed by atoms with Gasteiger partial charge in [-0.3, -0.25) is 0 Å². The van der Waals surface area contributed by atoms with Gasteiger partial charge in [0.15, 0.2) is 0 Å². The van der Waals surface area contributed by atoms with Gasteiger partial charge in [-0.15, -0.1) is 0 Å². The van der Waals surface area contributed by atoms with Gasteiger partial charge in [0.05, 0.1) is 12.2 Å². The molecule has 0 fully saturated rings. The van der Waals surface area contributed by atoms with Crippen molar-refractivity contribution in [3.8, 4) is 0 Å². The van der Waals surface area contributed by atoms with Crippen molar-refractivity contribution < 1.29 is 18.3 Å². The summed E-state index contributed by atoms with van der Waals surface area (Å²) in [6, 6.07) is 4.64. The molecule has 0 aliphatic heterocycles. The first-order valence-electron chi connectivity index (χ1n) is 5.50. The van der Waals surface area contributed by atoms with Crippen molar-refractivity contribution >= 4 is 11.8 Å². The average molecular weight is 279 g/mol. The fraction of sp³-hybridized carbons (Fsp3) is 0.500. The molecule has 0 spiro atoms. The second kappa shape index (κ2) is 6.45. The molecule has 2 unspecified atom stereocenters. The van der Waals surface area contributed by atoms with Gasteiger partial charge in [-0.2, -0.15) is 24.9 Å². The Balaban J connectivity index is 2.82. The number of aliphatic hydroxyl groups is 1. The van der Waals surface area contributed by atoms with E-state index in [0.29, 0.717) is 5.75 Å². The summed E-state index contributed by atoms with van der Waals surface area (Å²) >= 11 is 1.36. The topological polar surface area (TPSA) is 46.2 Å². The molecular formula is C12H16F3NOS. The van der Waals surface area contributed by atoms with Gasteiger partial charge in [0.1, 0.15) is 0 Å². The van der Waals surface area contributed by atoms with Crippen LogP contribution in [0.5, 0.6) is 0 Å². The minimum atomic E-state index is -4.39. The standard InChI is InChI=1S/C12H16F3NOS/c1-8(6-17)18-7-11(16)9-4-2-3-5-10(9)12(13,14)15/h2-5,8,11,17H,6-7,16H2,1H3. The van der Waals surface area contributed by atoms with Crippen molar-refractivity contribution in [2.24, 2.45) is 5.73 Å². The molecule has 1 aromatic rings. The van der Waals surface area contributed by atoms with Gasteiger partial charge in [0.25, 0.3) is 0 Å². The Morgan fingerprint density at radius 3 is 2.50 bits per heavy atom. The second-order valence-electron chi connectivity index (χ2n) is 4.02. The zero-order valence-electron chi connectivity index (χ0n) is 9.95. The Kier molecular flexibility index (Phi) is 5.49. The van der Waals surface area contributed by atoms with Crippen LogP contribution in [-0.4, -0.2) is 22.7 Å². The van der Waals surface area contributed by atoms with E-state index in [1.807, 2.05) is 0 Å². The SMILES string of the molecule is CC(CO)SCC(N)c1ccccc1C(F)(F)F. The summed E-state index contributed by atoms with van der Waals surface area (Å²) in [6.45, 7) is 1.78. The first kappa shape index (κ1) is 15.3. The maximum atomic E-state index is 12.8. The second-order valence-corrected chi connectivity index (χ2v) is 5.49. The van der Waals surface area contributed by atoms with E-state index in [4.69, 9.17) is 10.8 Å². The summed E-state index contributed by atoms with van der Waals surface area (Å²) in [4.78, 5) is 0. The third-order valence-electron chi connectivity index (χ3n) is 2.48. The highest BCUT2D eigenvalue weighted by Gasteiger charge is 2.34. The number of aliphatic hydroxyl groups excluding tert-OH is 1. The Bertz CT molecular complexity index is 384. The molecule has 0 heterocycles. The van der Waals surface area contributed by atoms with Crippen molar-refractivity contribution in [1.29, 1.82) is 0 Å². The predicted octanol–water partition coefficient (Wildman–Crippen LogP) is 2.82. The largest absolute Gasteiger partial charge is 0.416 e. The number of rotatable bonds is 5. The highest BCUT2D eigenvalue weighted by atomic mass is 32.2. The lowest BCUT2D eigenvalue weighted by Gasteiger charge is -2.19. The van der Waals surface area contributed by atoms with Gasteiger partial charge in [-0.05, 0) is 11.6 Å². The molecule has 18 heavy (non-hydrogen) atoms. The lowest BCUT2D eigenvalue weighted by molar-refractivity contribution is -0.138. The van der Waals surface area contributed by atoms with Crippen LogP contribution in [0.3, 0.4) is 0 Å². The van der Waals surface area contributed by atoms with E-state index in [-0.39, 0.29) is 17.4 Å². The summed E-state index contributed by atoms with van der Waals surface area (Å²) in [5.74, 6) is 0.342. The van der Waals surface area contributed by atoms with Gasteiger partial charge in [-0.1, -0.05) is 25.1 Å². The molecule has 3 N–H and O–H groups in total. The molecular weight excluding hydrogens is 263 g/mol. The van der Waals surface area contributed by atoms with Crippen molar-refractivity contribution in [3.05, 3.63) is 35.4 Å². The van der Waals surface area contributed by atoms with E-state index in [1.54, 1.807) is 13.0 Å². The molecule has 102 valence electrons. The molecule has 0 amide bonds. The molecule has 0 aliphatic carbocycles. The van der Waals surface area contributed by atoms with Gasteiger partial charge in [-0.25, -0.2) is 0 Å². The van der Waals surface area contributed by atoms with Gasteiger partial charge in [0.2, 0.25) is 0 Å². The summed E-state index contributed by atoms with van der Waals surface area (Å²) in [6.07, 6.45) is -4.39. The van der Waals surface area contributed by atoms with E-state index < -0.39 is 17.8 Å². The molecule has 1 aromatic carbocycles. The van der Waals surface area contributed by atoms with Crippen LogP contribution < -0.4 is 5.73 Å². The Morgan fingerprint density at radius 2 is 1.94 bits per heavy atom. The monoisotopic (exact) mass is 279 g/mol. The molecule has 0 bridgehead atoms.